The van der Waals surface area contributed by atoms with E-state index in [0.29, 0.717) is 84.6 Å². The Hall–Kier alpha value is -3.29. The van der Waals surface area contributed by atoms with Crippen molar-refractivity contribution in [1.82, 2.24) is 4.90 Å². The van der Waals surface area contributed by atoms with Gasteiger partial charge in [-0.1, -0.05) is 29.3 Å². The first kappa shape index (κ1) is 30.7. The molecule has 3 aromatic carbocycles. The molecule has 220 valence electrons. The van der Waals surface area contributed by atoms with E-state index in [0.717, 1.165) is 16.7 Å². The van der Waals surface area contributed by atoms with Gasteiger partial charge in [-0.25, -0.2) is 0 Å². The summed E-state index contributed by atoms with van der Waals surface area (Å²) in [5.41, 5.74) is 3.16. The van der Waals surface area contributed by atoms with Gasteiger partial charge in [0.15, 0.2) is 29.6 Å². The predicted molar refractivity (Wildman–Crippen MR) is 161 cm³/mol. The highest BCUT2D eigenvalue weighted by atomic mass is 35.5. The Morgan fingerprint density at radius 1 is 0.756 bits per heavy atom. The molecule has 9 heteroatoms. The van der Waals surface area contributed by atoms with Crippen LogP contribution in [0.3, 0.4) is 0 Å². The molecule has 0 aliphatic carbocycles. The van der Waals surface area contributed by atoms with Crippen molar-refractivity contribution in [2.75, 3.05) is 39.6 Å². The number of fused-ring (bicyclic) bond motifs is 1. The minimum Gasteiger partial charge on any atom is -0.490 e. The Labute approximate surface area is 252 Å². The van der Waals surface area contributed by atoms with Crippen LogP contribution < -0.4 is 23.7 Å². The molecular weight excluding hydrogens is 565 g/mol. The van der Waals surface area contributed by atoms with Crippen LogP contribution in [0.15, 0.2) is 48.5 Å². The van der Waals surface area contributed by atoms with Gasteiger partial charge in [-0.15, -0.1) is 0 Å². The van der Waals surface area contributed by atoms with E-state index >= 15 is 0 Å². The first-order chi connectivity index (χ1) is 19.9. The second kappa shape index (κ2) is 14.6. The van der Waals surface area contributed by atoms with Crippen LogP contribution in [0.25, 0.3) is 0 Å². The van der Waals surface area contributed by atoms with Crippen LogP contribution in [0.5, 0.6) is 28.7 Å². The van der Waals surface area contributed by atoms with Crippen molar-refractivity contribution in [2.24, 2.45) is 0 Å². The first-order valence-corrected chi connectivity index (χ1v) is 14.8. The maximum absolute atomic E-state index is 13.7. The normalized spacial score (nSPS) is 14.3. The van der Waals surface area contributed by atoms with Crippen molar-refractivity contribution in [1.29, 1.82) is 0 Å². The monoisotopic (exact) mass is 601 g/mol. The summed E-state index contributed by atoms with van der Waals surface area (Å²) in [6.07, 6.45) is 1.24. The average Bonchev–Trinajstić information content (AvgIpc) is 2.95. The SMILES string of the molecule is CCOc1ccc(CC2c3cc(OCC)c(OCC)cc3CCN2C(=O)COc2ccc(Cl)cc2Cl)cc1OCC. The number of hydrogen-bond donors (Lipinski definition) is 0. The van der Waals surface area contributed by atoms with E-state index in [1.165, 1.54) is 0 Å². The summed E-state index contributed by atoms with van der Waals surface area (Å²) >= 11 is 12.3. The second-order valence-corrected chi connectivity index (χ2v) is 10.3. The maximum Gasteiger partial charge on any atom is 0.261 e. The molecule has 1 heterocycles. The molecule has 1 aliphatic rings. The number of hydrogen-bond acceptors (Lipinski definition) is 6. The molecule has 0 bridgehead atoms. The topological polar surface area (TPSA) is 66.5 Å². The summed E-state index contributed by atoms with van der Waals surface area (Å²) in [5.74, 6) is 3.03. The van der Waals surface area contributed by atoms with Gasteiger partial charge in [-0.2, -0.15) is 0 Å². The molecule has 1 unspecified atom stereocenters. The van der Waals surface area contributed by atoms with Crippen LogP contribution in [0, 0.1) is 0 Å². The Morgan fingerprint density at radius 3 is 2.02 bits per heavy atom. The number of amides is 1. The number of nitrogens with zero attached hydrogens (tertiary/aromatic N) is 1. The molecular formula is C32H37Cl2NO6. The van der Waals surface area contributed by atoms with Crippen molar-refractivity contribution in [2.45, 2.75) is 46.6 Å². The molecule has 0 fully saturated rings. The van der Waals surface area contributed by atoms with Crippen molar-refractivity contribution in [3.8, 4) is 28.7 Å². The van der Waals surface area contributed by atoms with Gasteiger partial charge < -0.3 is 28.6 Å². The van der Waals surface area contributed by atoms with Crippen LogP contribution in [-0.4, -0.2) is 50.4 Å². The number of ether oxygens (including phenoxy) is 5. The van der Waals surface area contributed by atoms with E-state index in [-0.39, 0.29) is 18.6 Å². The maximum atomic E-state index is 13.7. The van der Waals surface area contributed by atoms with Crippen molar-refractivity contribution < 1.29 is 28.5 Å². The fourth-order valence-electron chi connectivity index (χ4n) is 5.02. The van der Waals surface area contributed by atoms with Crippen LogP contribution in [0.4, 0.5) is 0 Å². The third kappa shape index (κ3) is 7.52. The van der Waals surface area contributed by atoms with E-state index < -0.39 is 0 Å². The third-order valence-electron chi connectivity index (χ3n) is 6.76. The second-order valence-electron chi connectivity index (χ2n) is 9.43. The third-order valence-corrected chi connectivity index (χ3v) is 7.30. The molecule has 0 spiro atoms. The lowest BCUT2D eigenvalue weighted by Gasteiger charge is -2.38. The highest BCUT2D eigenvalue weighted by Crippen LogP contribution is 2.41. The lowest BCUT2D eigenvalue weighted by atomic mass is 9.88. The van der Waals surface area contributed by atoms with E-state index in [1.807, 2.05) is 62.9 Å². The zero-order chi connectivity index (χ0) is 29.4. The van der Waals surface area contributed by atoms with Gasteiger partial charge in [0.1, 0.15) is 5.75 Å². The number of rotatable bonds is 13. The minimum absolute atomic E-state index is 0.144. The summed E-state index contributed by atoms with van der Waals surface area (Å²) in [6, 6.07) is 14.7. The molecule has 4 rings (SSSR count). The lowest BCUT2D eigenvalue weighted by Crippen LogP contribution is -2.43. The summed E-state index contributed by atoms with van der Waals surface area (Å²) in [5, 5.41) is 0.855. The minimum atomic E-state index is -0.266. The fourth-order valence-corrected chi connectivity index (χ4v) is 5.49. The molecule has 0 saturated heterocycles. The van der Waals surface area contributed by atoms with Gasteiger partial charge in [0.25, 0.3) is 5.91 Å². The Kier molecular flexibility index (Phi) is 10.9. The molecule has 0 aromatic heterocycles. The quantitative estimate of drug-likeness (QED) is 0.204. The van der Waals surface area contributed by atoms with E-state index in [2.05, 4.69) is 0 Å². The number of carbonyl (C=O) groups is 1. The smallest absolute Gasteiger partial charge is 0.261 e. The van der Waals surface area contributed by atoms with Crippen molar-refractivity contribution >= 4 is 29.1 Å². The molecule has 0 radical (unpaired) electrons. The Balaban J connectivity index is 1.69. The molecule has 3 aromatic rings. The van der Waals surface area contributed by atoms with Crippen LogP contribution in [0.2, 0.25) is 10.0 Å². The van der Waals surface area contributed by atoms with Crippen LogP contribution in [-0.2, 0) is 17.6 Å². The summed E-state index contributed by atoms with van der Waals surface area (Å²) in [6.45, 7) is 10.2. The van der Waals surface area contributed by atoms with Gasteiger partial charge in [-0.05, 0) is 99.7 Å². The van der Waals surface area contributed by atoms with Gasteiger partial charge in [0.2, 0.25) is 0 Å². The molecule has 1 amide bonds. The van der Waals surface area contributed by atoms with Crippen molar-refractivity contribution in [3.05, 3.63) is 75.3 Å². The van der Waals surface area contributed by atoms with Gasteiger partial charge in [-0.3, -0.25) is 4.79 Å². The highest BCUT2D eigenvalue weighted by molar-refractivity contribution is 6.35. The first-order valence-electron chi connectivity index (χ1n) is 14.1. The molecule has 7 nitrogen and oxygen atoms in total. The van der Waals surface area contributed by atoms with Crippen LogP contribution >= 0.6 is 23.2 Å². The summed E-state index contributed by atoms with van der Waals surface area (Å²) < 4.78 is 29.3. The number of halogens is 2. The number of carbonyl (C=O) groups excluding carboxylic acids is 1. The van der Waals surface area contributed by atoms with Gasteiger partial charge in [0, 0.05) is 11.6 Å². The summed E-state index contributed by atoms with van der Waals surface area (Å²) in [4.78, 5) is 15.6. The van der Waals surface area contributed by atoms with E-state index in [9.17, 15) is 4.79 Å². The zero-order valence-corrected chi connectivity index (χ0v) is 25.5. The van der Waals surface area contributed by atoms with Gasteiger partial charge >= 0.3 is 0 Å². The summed E-state index contributed by atoms with van der Waals surface area (Å²) in [7, 11) is 0. The predicted octanol–water partition coefficient (Wildman–Crippen LogP) is 7.34. The van der Waals surface area contributed by atoms with E-state index in [4.69, 9.17) is 46.9 Å². The lowest BCUT2D eigenvalue weighted by molar-refractivity contribution is -0.136. The Morgan fingerprint density at radius 2 is 1.37 bits per heavy atom. The zero-order valence-electron chi connectivity index (χ0n) is 24.0. The Bertz CT molecular complexity index is 1350. The fraction of sp³-hybridized carbons (Fsp3) is 0.406. The standard InChI is InChI=1S/C32H37Cl2NO6/c1-5-37-28-11-9-21(16-29(28)38-6-2)15-26-24-19-31(40-8-4)30(39-7-3)17-22(24)13-14-35(26)32(36)20-41-27-12-10-23(33)18-25(27)34/h9-12,16-19,26H,5-8,13-15,20H2,1-4H3. The van der Waals surface area contributed by atoms with E-state index in [1.54, 1.807) is 18.2 Å². The van der Waals surface area contributed by atoms with Crippen molar-refractivity contribution in [3.63, 3.8) is 0 Å². The van der Waals surface area contributed by atoms with Gasteiger partial charge in [0.05, 0.1) is 37.5 Å². The largest absolute Gasteiger partial charge is 0.490 e. The molecule has 0 N–H and O–H groups in total. The molecule has 1 atom stereocenters. The number of benzene rings is 3. The molecule has 41 heavy (non-hydrogen) atoms. The van der Waals surface area contributed by atoms with Crippen LogP contribution in [0.1, 0.15) is 50.4 Å². The average molecular weight is 603 g/mol. The highest BCUT2D eigenvalue weighted by Gasteiger charge is 2.33. The molecule has 0 saturated carbocycles. The molecule has 1 aliphatic heterocycles.